The van der Waals surface area contributed by atoms with E-state index >= 15 is 0 Å². The minimum absolute atomic E-state index is 0.0811. The lowest BCUT2D eigenvalue weighted by Gasteiger charge is -2.08. The number of hydrogen-bond donors (Lipinski definition) is 2. The zero-order chi connectivity index (χ0) is 15.4. The molecule has 0 atom stereocenters. The fourth-order valence-corrected chi connectivity index (χ4v) is 2.24. The third kappa shape index (κ3) is 3.71. The first kappa shape index (κ1) is 15.3. The lowest BCUT2D eigenvalue weighted by molar-refractivity contribution is -0.383. The van der Waals surface area contributed by atoms with Crippen molar-refractivity contribution in [1.82, 2.24) is 9.97 Å². The highest BCUT2D eigenvalue weighted by Gasteiger charge is 2.20. The van der Waals surface area contributed by atoms with E-state index in [9.17, 15) is 10.1 Å². The number of rotatable bonds is 5. The average Bonchev–Trinajstić information content (AvgIpc) is 2.41. The van der Waals surface area contributed by atoms with Crippen LogP contribution in [0.5, 0.6) is 0 Å². The summed E-state index contributed by atoms with van der Waals surface area (Å²) < 4.78 is 0. The first-order valence-corrected chi connectivity index (χ1v) is 6.67. The van der Waals surface area contributed by atoms with Crippen molar-refractivity contribution >= 4 is 40.5 Å². The van der Waals surface area contributed by atoms with Crippen molar-refractivity contribution in [3.05, 3.63) is 50.2 Å². The van der Waals surface area contributed by atoms with Crippen molar-refractivity contribution in [1.29, 1.82) is 0 Å². The van der Waals surface area contributed by atoms with Gasteiger partial charge in [-0.15, -0.1) is 0 Å². The summed E-state index contributed by atoms with van der Waals surface area (Å²) in [7, 11) is 0. The molecule has 0 aliphatic rings. The summed E-state index contributed by atoms with van der Waals surface area (Å²) in [4.78, 5) is 17.7. The summed E-state index contributed by atoms with van der Waals surface area (Å²) in [5.41, 5.74) is 6.02. The van der Waals surface area contributed by atoms with Crippen LogP contribution >= 0.6 is 23.2 Å². The molecule has 9 heteroatoms. The molecule has 2 aromatic rings. The predicted molar refractivity (Wildman–Crippen MR) is 81.8 cm³/mol. The highest BCUT2D eigenvalue weighted by atomic mass is 35.5. The predicted octanol–water partition coefficient (Wildman–Crippen LogP) is 2.93. The van der Waals surface area contributed by atoms with Crippen molar-refractivity contribution in [3.63, 3.8) is 0 Å². The molecule has 7 nitrogen and oxygen atoms in total. The van der Waals surface area contributed by atoms with Gasteiger partial charge in [0.05, 0.1) is 4.92 Å². The summed E-state index contributed by atoms with van der Waals surface area (Å²) in [6, 6.07) is 5.17. The summed E-state index contributed by atoms with van der Waals surface area (Å²) in [5, 5.41) is 14.9. The maximum absolute atomic E-state index is 10.9. The van der Waals surface area contributed by atoms with Gasteiger partial charge in [0, 0.05) is 16.6 Å². The van der Waals surface area contributed by atoms with Gasteiger partial charge in [0.2, 0.25) is 11.6 Å². The Balaban J connectivity index is 2.07. The zero-order valence-corrected chi connectivity index (χ0v) is 12.2. The van der Waals surface area contributed by atoms with Gasteiger partial charge in [-0.3, -0.25) is 10.1 Å². The van der Waals surface area contributed by atoms with E-state index in [1.807, 2.05) is 0 Å². The van der Waals surface area contributed by atoms with Gasteiger partial charge < -0.3 is 11.1 Å². The molecule has 0 amide bonds. The van der Waals surface area contributed by atoms with E-state index in [-0.39, 0.29) is 17.3 Å². The van der Waals surface area contributed by atoms with E-state index in [2.05, 4.69) is 15.3 Å². The number of aromatic nitrogens is 2. The van der Waals surface area contributed by atoms with Crippen LogP contribution in [0.2, 0.25) is 10.0 Å². The normalized spacial score (nSPS) is 10.4. The highest BCUT2D eigenvalue weighted by molar-refractivity contribution is 6.35. The quantitative estimate of drug-likeness (QED) is 0.645. The second kappa shape index (κ2) is 6.55. The lowest BCUT2D eigenvalue weighted by Crippen LogP contribution is -2.10. The molecule has 21 heavy (non-hydrogen) atoms. The fraction of sp³-hybridized carbons (Fsp3) is 0.167. The van der Waals surface area contributed by atoms with Gasteiger partial charge >= 0.3 is 5.69 Å². The van der Waals surface area contributed by atoms with Crippen LogP contribution in [-0.4, -0.2) is 21.4 Å². The lowest BCUT2D eigenvalue weighted by atomic mass is 10.1. The van der Waals surface area contributed by atoms with Gasteiger partial charge in [-0.25, -0.2) is 9.97 Å². The molecular formula is C12H11Cl2N5O2. The number of nitro groups is 1. The van der Waals surface area contributed by atoms with Crippen LogP contribution in [0.15, 0.2) is 24.5 Å². The second-order valence-corrected chi connectivity index (χ2v) is 4.97. The Hall–Kier alpha value is -2.12. The molecule has 0 saturated carbocycles. The maximum atomic E-state index is 10.9. The van der Waals surface area contributed by atoms with Crippen LogP contribution in [0, 0.1) is 10.1 Å². The number of benzene rings is 1. The second-order valence-electron chi connectivity index (χ2n) is 4.13. The molecule has 0 spiro atoms. The van der Waals surface area contributed by atoms with Gasteiger partial charge in [0.1, 0.15) is 6.33 Å². The highest BCUT2D eigenvalue weighted by Crippen LogP contribution is 2.26. The van der Waals surface area contributed by atoms with E-state index in [4.69, 9.17) is 28.9 Å². The van der Waals surface area contributed by atoms with E-state index < -0.39 is 4.92 Å². The van der Waals surface area contributed by atoms with Crippen molar-refractivity contribution in [3.8, 4) is 0 Å². The third-order valence-electron chi connectivity index (χ3n) is 2.74. The van der Waals surface area contributed by atoms with Crippen molar-refractivity contribution in [2.75, 3.05) is 17.6 Å². The van der Waals surface area contributed by atoms with E-state index in [1.165, 1.54) is 6.33 Å². The molecule has 0 aliphatic carbocycles. The molecule has 1 heterocycles. The molecular weight excluding hydrogens is 317 g/mol. The van der Waals surface area contributed by atoms with Crippen LogP contribution in [0.4, 0.5) is 17.3 Å². The zero-order valence-electron chi connectivity index (χ0n) is 10.7. The molecule has 0 saturated heterocycles. The molecule has 0 aliphatic heterocycles. The Morgan fingerprint density at radius 2 is 2.10 bits per heavy atom. The minimum Gasteiger partial charge on any atom is -0.378 e. The molecule has 110 valence electrons. The summed E-state index contributed by atoms with van der Waals surface area (Å²) in [6.45, 7) is 0.401. The first-order valence-electron chi connectivity index (χ1n) is 5.91. The molecule has 0 fully saturated rings. The van der Waals surface area contributed by atoms with Crippen LogP contribution in [-0.2, 0) is 6.42 Å². The number of nitrogens with one attached hydrogen (secondary N) is 1. The smallest absolute Gasteiger partial charge is 0.352 e. The molecule has 1 aromatic heterocycles. The average molecular weight is 328 g/mol. The Kier molecular flexibility index (Phi) is 4.77. The summed E-state index contributed by atoms with van der Waals surface area (Å²) in [5.74, 6) is -0.0976. The van der Waals surface area contributed by atoms with Crippen LogP contribution in [0.3, 0.4) is 0 Å². The molecule has 0 radical (unpaired) electrons. The molecule has 0 unspecified atom stereocenters. The van der Waals surface area contributed by atoms with Gasteiger partial charge in [-0.05, 0) is 24.1 Å². The van der Waals surface area contributed by atoms with Gasteiger partial charge in [-0.2, -0.15) is 0 Å². The summed E-state index contributed by atoms with van der Waals surface area (Å²) in [6.07, 6.45) is 1.72. The van der Waals surface area contributed by atoms with E-state index in [1.54, 1.807) is 18.2 Å². The monoisotopic (exact) mass is 327 g/mol. The van der Waals surface area contributed by atoms with Gasteiger partial charge in [0.15, 0.2) is 0 Å². The Morgan fingerprint density at radius 3 is 2.76 bits per heavy atom. The number of nitrogen functional groups attached to an aromatic ring is 1. The number of hydrogen-bond acceptors (Lipinski definition) is 6. The van der Waals surface area contributed by atoms with Crippen molar-refractivity contribution in [2.24, 2.45) is 0 Å². The van der Waals surface area contributed by atoms with Crippen molar-refractivity contribution < 1.29 is 4.92 Å². The minimum atomic E-state index is -0.618. The number of nitrogens with two attached hydrogens (primary N) is 1. The molecule has 0 bridgehead atoms. The third-order valence-corrected chi connectivity index (χ3v) is 3.32. The molecule has 3 N–H and O–H groups in total. The maximum Gasteiger partial charge on any atom is 0.352 e. The van der Waals surface area contributed by atoms with Crippen LogP contribution in [0.1, 0.15) is 5.56 Å². The summed E-state index contributed by atoms with van der Waals surface area (Å²) >= 11 is 11.9. The molecule has 1 aromatic carbocycles. The first-order chi connectivity index (χ1) is 9.99. The van der Waals surface area contributed by atoms with Crippen LogP contribution in [0.25, 0.3) is 0 Å². The number of anilines is 2. The fourth-order valence-electron chi connectivity index (χ4n) is 1.74. The largest absolute Gasteiger partial charge is 0.378 e. The standard InChI is InChI=1S/C12H11Cl2N5O2/c13-8-2-1-7(9(14)5-8)3-4-16-12-10(19(20)21)11(15)17-6-18-12/h1-2,5-6H,3-4H2,(H3,15,16,17,18). The van der Waals surface area contributed by atoms with Gasteiger partial charge in [0.25, 0.3) is 0 Å². The Bertz CT molecular complexity index is 681. The van der Waals surface area contributed by atoms with Gasteiger partial charge in [-0.1, -0.05) is 29.3 Å². The van der Waals surface area contributed by atoms with Crippen molar-refractivity contribution in [2.45, 2.75) is 6.42 Å². The van der Waals surface area contributed by atoms with Crippen LogP contribution < -0.4 is 11.1 Å². The Morgan fingerprint density at radius 1 is 1.33 bits per heavy atom. The van der Waals surface area contributed by atoms with E-state index in [0.717, 1.165) is 5.56 Å². The number of nitrogens with zero attached hydrogens (tertiary/aromatic N) is 3. The SMILES string of the molecule is Nc1ncnc(NCCc2ccc(Cl)cc2Cl)c1[N+](=O)[O-]. The topological polar surface area (TPSA) is 107 Å². The number of halogens is 2. The molecule has 2 rings (SSSR count). The Labute approximate surface area is 130 Å². The van der Waals surface area contributed by atoms with E-state index in [0.29, 0.717) is 23.0 Å².